The molecular formula is C30H24BNO2. The van der Waals surface area contributed by atoms with Crippen LogP contribution in [0.25, 0.3) is 22.3 Å². The van der Waals surface area contributed by atoms with Crippen LogP contribution >= 0.6 is 0 Å². The van der Waals surface area contributed by atoms with Crippen molar-refractivity contribution < 1.29 is 9.78 Å². The molecule has 0 spiro atoms. The van der Waals surface area contributed by atoms with Crippen LogP contribution < -0.4 is 10.5 Å². The molecule has 0 radical (unpaired) electrons. The van der Waals surface area contributed by atoms with Gasteiger partial charge in [-0.25, -0.2) is 5.06 Å². The molecule has 0 fully saturated rings. The quantitative estimate of drug-likeness (QED) is 0.232. The molecule has 0 amide bonds. The van der Waals surface area contributed by atoms with E-state index in [9.17, 15) is 5.02 Å². The number of benzene rings is 5. The monoisotopic (exact) mass is 441 g/mol. The number of rotatable bonds is 7. The molecule has 0 saturated carbocycles. The lowest BCUT2D eigenvalue weighted by atomic mass is 9.80. The summed E-state index contributed by atoms with van der Waals surface area (Å²) in [5.74, 6) is 0. The smallest absolute Gasteiger partial charge is 0.422 e. The summed E-state index contributed by atoms with van der Waals surface area (Å²) in [5, 5.41) is 12.5. The summed E-state index contributed by atoms with van der Waals surface area (Å²) in [5.41, 5.74) is 6.87. The van der Waals surface area contributed by atoms with Crippen LogP contribution in [0.5, 0.6) is 0 Å². The largest absolute Gasteiger partial charge is 0.515 e. The Kier molecular flexibility index (Phi) is 6.53. The van der Waals surface area contributed by atoms with Gasteiger partial charge in [0.15, 0.2) is 0 Å². The molecule has 0 saturated heterocycles. The molecule has 4 heteroatoms. The first-order valence-corrected chi connectivity index (χ1v) is 11.3. The Bertz CT molecular complexity index is 1230. The average molecular weight is 441 g/mol. The van der Waals surface area contributed by atoms with Gasteiger partial charge in [-0.05, 0) is 52.0 Å². The van der Waals surface area contributed by atoms with Gasteiger partial charge in [-0.3, -0.25) is 4.76 Å². The second-order valence-corrected chi connectivity index (χ2v) is 7.99. The fourth-order valence-electron chi connectivity index (χ4n) is 3.89. The number of hydrogen-bond acceptors (Lipinski definition) is 3. The minimum Gasteiger partial charge on any atom is -0.422 e. The molecule has 5 aromatic carbocycles. The van der Waals surface area contributed by atoms with E-state index >= 15 is 0 Å². The van der Waals surface area contributed by atoms with Crippen molar-refractivity contribution in [3.05, 3.63) is 140 Å². The van der Waals surface area contributed by atoms with Gasteiger partial charge in [0, 0.05) is 0 Å². The summed E-state index contributed by atoms with van der Waals surface area (Å²) >= 11 is 0. The third-order valence-electron chi connectivity index (χ3n) is 5.71. The van der Waals surface area contributed by atoms with Gasteiger partial charge in [-0.2, -0.15) is 0 Å². The number of hydrogen-bond donors (Lipinski definition) is 1. The van der Waals surface area contributed by atoms with Crippen molar-refractivity contribution in [1.29, 1.82) is 0 Å². The van der Waals surface area contributed by atoms with Gasteiger partial charge < -0.3 is 5.02 Å². The molecule has 0 bridgehead atoms. The first-order chi connectivity index (χ1) is 16.8. The van der Waals surface area contributed by atoms with Crippen LogP contribution in [0.4, 0.5) is 11.4 Å². The standard InChI is InChI=1S/C30H24BNO2/c33-31(28-14-8-3-9-15-28)34-32(29-20-16-26(17-21-29)24-10-4-1-5-11-24)30-22-18-27(19-23-30)25-12-6-2-7-13-25/h1-23,33H. The summed E-state index contributed by atoms with van der Waals surface area (Å²) in [6.07, 6.45) is 0. The molecule has 1 N–H and O–H groups in total. The number of anilines is 2. The Balaban J connectivity index is 1.47. The zero-order valence-corrected chi connectivity index (χ0v) is 18.7. The van der Waals surface area contributed by atoms with Crippen LogP contribution in [0.3, 0.4) is 0 Å². The van der Waals surface area contributed by atoms with E-state index < -0.39 is 7.12 Å². The molecule has 34 heavy (non-hydrogen) atoms. The molecule has 5 aromatic rings. The molecule has 0 aliphatic rings. The SMILES string of the molecule is OB(ON(c1ccc(-c2ccccc2)cc1)c1ccc(-c2ccccc2)cc1)c1ccccc1. The topological polar surface area (TPSA) is 32.7 Å². The lowest BCUT2D eigenvalue weighted by Gasteiger charge is -2.26. The molecule has 0 aliphatic carbocycles. The molecular weight excluding hydrogens is 417 g/mol. The highest BCUT2D eigenvalue weighted by molar-refractivity contribution is 6.60. The molecule has 3 nitrogen and oxygen atoms in total. The summed E-state index contributed by atoms with van der Waals surface area (Å²) in [4.78, 5) is 0. The fourth-order valence-corrected chi connectivity index (χ4v) is 3.89. The minimum absolute atomic E-state index is 0.689. The fraction of sp³-hybridized carbons (Fsp3) is 0. The van der Waals surface area contributed by atoms with Crippen molar-refractivity contribution in [1.82, 2.24) is 0 Å². The van der Waals surface area contributed by atoms with E-state index in [0.29, 0.717) is 5.46 Å². The van der Waals surface area contributed by atoms with Gasteiger partial charge in [0.2, 0.25) is 0 Å². The minimum atomic E-state index is -1.11. The second kappa shape index (κ2) is 10.2. The van der Waals surface area contributed by atoms with E-state index in [4.69, 9.17) is 4.76 Å². The Morgan fingerprint density at radius 2 is 0.794 bits per heavy atom. The van der Waals surface area contributed by atoms with E-state index in [1.807, 2.05) is 91.0 Å². The van der Waals surface area contributed by atoms with Gasteiger partial charge in [-0.1, -0.05) is 115 Å². The lowest BCUT2D eigenvalue weighted by Crippen LogP contribution is -2.39. The molecule has 164 valence electrons. The van der Waals surface area contributed by atoms with E-state index in [-0.39, 0.29) is 0 Å². The van der Waals surface area contributed by atoms with E-state index in [1.54, 1.807) is 5.06 Å². The first kappa shape index (κ1) is 21.7. The highest BCUT2D eigenvalue weighted by Gasteiger charge is 2.23. The third kappa shape index (κ3) is 4.94. The van der Waals surface area contributed by atoms with Crippen molar-refractivity contribution >= 4 is 24.0 Å². The van der Waals surface area contributed by atoms with Gasteiger partial charge >= 0.3 is 7.12 Å². The van der Waals surface area contributed by atoms with Crippen molar-refractivity contribution in [3.63, 3.8) is 0 Å². The average Bonchev–Trinajstić information content (AvgIpc) is 2.93. The summed E-state index contributed by atoms with van der Waals surface area (Å²) in [6.45, 7) is 0. The van der Waals surface area contributed by atoms with Crippen LogP contribution in [0.1, 0.15) is 0 Å². The molecule has 0 unspecified atom stereocenters. The summed E-state index contributed by atoms with van der Waals surface area (Å²) < 4.78 is 6.09. The van der Waals surface area contributed by atoms with Crippen molar-refractivity contribution in [3.8, 4) is 22.3 Å². The van der Waals surface area contributed by atoms with E-state index in [2.05, 4.69) is 48.5 Å². The summed E-state index contributed by atoms with van der Waals surface area (Å²) in [6, 6.07) is 46.2. The molecule has 0 atom stereocenters. The molecule has 0 aliphatic heterocycles. The Labute approximate surface area is 200 Å². The Morgan fingerprint density at radius 1 is 0.441 bits per heavy atom. The lowest BCUT2D eigenvalue weighted by molar-refractivity contribution is 0.274. The molecule has 5 rings (SSSR count). The van der Waals surface area contributed by atoms with E-state index in [0.717, 1.165) is 33.6 Å². The van der Waals surface area contributed by atoms with Crippen molar-refractivity contribution in [2.24, 2.45) is 0 Å². The van der Waals surface area contributed by atoms with Crippen molar-refractivity contribution in [2.75, 3.05) is 5.06 Å². The predicted octanol–water partition coefficient (Wildman–Crippen LogP) is 6.48. The van der Waals surface area contributed by atoms with Crippen LogP contribution in [0.15, 0.2) is 140 Å². The molecule has 0 heterocycles. The Hall–Kier alpha value is -4.12. The second-order valence-electron chi connectivity index (χ2n) is 7.99. The van der Waals surface area contributed by atoms with Crippen LogP contribution in [0.2, 0.25) is 0 Å². The maximum Gasteiger partial charge on any atom is 0.515 e. The van der Waals surface area contributed by atoms with Crippen LogP contribution in [0, 0.1) is 0 Å². The third-order valence-corrected chi connectivity index (χ3v) is 5.71. The number of nitrogens with zero attached hydrogens (tertiary/aromatic N) is 1. The normalized spacial score (nSPS) is 10.6. The highest BCUT2D eigenvalue weighted by Crippen LogP contribution is 2.31. The summed E-state index contributed by atoms with van der Waals surface area (Å²) in [7, 11) is -1.11. The van der Waals surface area contributed by atoms with Crippen LogP contribution in [-0.4, -0.2) is 12.1 Å². The zero-order chi connectivity index (χ0) is 23.2. The van der Waals surface area contributed by atoms with E-state index in [1.165, 1.54) is 0 Å². The van der Waals surface area contributed by atoms with Crippen molar-refractivity contribution in [2.45, 2.75) is 0 Å². The molecule has 0 aromatic heterocycles. The van der Waals surface area contributed by atoms with Gasteiger partial charge in [-0.15, -0.1) is 0 Å². The van der Waals surface area contributed by atoms with Crippen LogP contribution in [-0.2, 0) is 4.76 Å². The van der Waals surface area contributed by atoms with Gasteiger partial charge in [0.05, 0.1) is 11.4 Å². The highest BCUT2D eigenvalue weighted by atomic mass is 16.7. The maximum absolute atomic E-state index is 10.8. The van der Waals surface area contributed by atoms with Gasteiger partial charge in [0.25, 0.3) is 0 Å². The zero-order valence-electron chi connectivity index (χ0n) is 18.7. The maximum atomic E-state index is 10.8. The Morgan fingerprint density at radius 3 is 1.21 bits per heavy atom. The first-order valence-electron chi connectivity index (χ1n) is 11.3. The predicted molar refractivity (Wildman–Crippen MR) is 141 cm³/mol. The van der Waals surface area contributed by atoms with Gasteiger partial charge in [0.1, 0.15) is 0 Å².